The van der Waals surface area contributed by atoms with Gasteiger partial charge in [0.25, 0.3) is 17.1 Å². The van der Waals surface area contributed by atoms with E-state index in [0.29, 0.717) is 34.4 Å². The minimum absolute atomic E-state index is 0.223. The maximum atomic E-state index is 12.9. The molecule has 1 aliphatic carbocycles. The largest absolute Gasteiger partial charge is 0.493 e. The number of rotatable bonds is 8. The van der Waals surface area contributed by atoms with Gasteiger partial charge in [0.05, 0.1) is 17.0 Å². The van der Waals surface area contributed by atoms with Crippen molar-refractivity contribution in [3.63, 3.8) is 0 Å². The molecule has 2 fully saturated rings. The van der Waals surface area contributed by atoms with Crippen molar-refractivity contribution in [2.75, 3.05) is 25.6 Å². The van der Waals surface area contributed by atoms with Crippen molar-refractivity contribution < 1.29 is 23.9 Å². The zero-order valence-corrected chi connectivity index (χ0v) is 21.9. The normalized spacial score (nSPS) is 17.5. The molecule has 1 saturated heterocycles. The van der Waals surface area contributed by atoms with E-state index in [1.54, 1.807) is 18.2 Å². The van der Waals surface area contributed by atoms with Crippen LogP contribution in [0.5, 0.6) is 11.5 Å². The van der Waals surface area contributed by atoms with Gasteiger partial charge in [-0.1, -0.05) is 48.6 Å². The molecule has 2 aromatic rings. The van der Waals surface area contributed by atoms with E-state index in [4.69, 9.17) is 21.1 Å². The Morgan fingerprint density at radius 1 is 1.17 bits per heavy atom. The highest BCUT2D eigenvalue weighted by atomic mass is 35.5. The van der Waals surface area contributed by atoms with Crippen LogP contribution in [-0.4, -0.2) is 42.2 Å². The molecule has 0 aromatic heterocycles. The first-order valence-electron chi connectivity index (χ1n) is 12.0. The number of carbonyl (C=O) groups is 3. The predicted molar refractivity (Wildman–Crippen MR) is 143 cm³/mol. The summed E-state index contributed by atoms with van der Waals surface area (Å²) < 4.78 is 11.1. The smallest absolute Gasteiger partial charge is 0.293 e. The van der Waals surface area contributed by atoms with Gasteiger partial charge in [-0.25, -0.2) is 0 Å². The first-order chi connectivity index (χ1) is 17.3. The Balaban J connectivity index is 1.43. The standard InChI is InChI=1S/C27H29ClN2O5S/c1-17-8-10-20(11-9-17)29-24(31)16-35-25-21(28)12-19(13-22(25)34-2)14-23-26(32)30(27(33)36-23)15-18-6-4-3-5-7-18/h8-14,18H,3-7,15-16H2,1-2H3,(H,29,31)/b23-14+. The van der Waals surface area contributed by atoms with Crippen molar-refractivity contribution in [3.05, 3.63) is 57.5 Å². The lowest BCUT2D eigenvalue weighted by Gasteiger charge is -2.25. The summed E-state index contributed by atoms with van der Waals surface area (Å²) in [5.41, 5.74) is 2.35. The van der Waals surface area contributed by atoms with Crippen molar-refractivity contribution in [1.82, 2.24) is 4.90 Å². The summed E-state index contributed by atoms with van der Waals surface area (Å²) in [4.78, 5) is 39.5. The van der Waals surface area contributed by atoms with E-state index < -0.39 is 0 Å². The molecule has 0 unspecified atom stereocenters. The summed E-state index contributed by atoms with van der Waals surface area (Å²) in [5, 5.41) is 2.75. The third-order valence-corrected chi connectivity index (χ3v) is 7.46. The summed E-state index contributed by atoms with van der Waals surface area (Å²) in [6.07, 6.45) is 7.26. The first kappa shape index (κ1) is 26.1. The van der Waals surface area contributed by atoms with Crippen LogP contribution < -0.4 is 14.8 Å². The molecular formula is C27H29ClN2O5S. The molecule has 7 nitrogen and oxygen atoms in total. The monoisotopic (exact) mass is 528 g/mol. The molecule has 0 bridgehead atoms. The number of thioether (sulfide) groups is 1. The van der Waals surface area contributed by atoms with Crippen LogP contribution in [0.1, 0.15) is 43.2 Å². The third-order valence-electron chi connectivity index (χ3n) is 6.27. The van der Waals surface area contributed by atoms with Crippen molar-refractivity contribution >= 4 is 52.2 Å². The highest BCUT2D eigenvalue weighted by molar-refractivity contribution is 8.18. The minimum atomic E-state index is -0.340. The molecule has 1 aliphatic heterocycles. The quantitative estimate of drug-likeness (QED) is 0.405. The lowest BCUT2D eigenvalue weighted by molar-refractivity contribution is -0.123. The fourth-order valence-corrected chi connectivity index (χ4v) is 5.49. The van der Waals surface area contributed by atoms with Gasteiger partial charge in [0.1, 0.15) is 0 Å². The number of methoxy groups -OCH3 is 1. The summed E-state index contributed by atoms with van der Waals surface area (Å²) >= 11 is 7.38. The van der Waals surface area contributed by atoms with E-state index in [-0.39, 0.29) is 34.4 Å². The van der Waals surface area contributed by atoms with E-state index in [9.17, 15) is 14.4 Å². The van der Waals surface area contributed by atoms with Crippen molar-refractivity contribution in [3.8, 4) is 11.5 Å². The summed E-state index contributed by atoms with van der Waals surface area (Å²) in [6, 6.07) is 10.7. The molecule has 1 N–H and O–H groups in total. The van der Waals surface area contributed by atoms with Gasteiger partial charge in [0.15, 0.2) is 18.1 Å². The second-order valence-corrected chi connectivity index (χ2v) is 10.4. The molecule has 9 heteroatoms. The van der Waals surface area contributed by atoms with Gasteiger partial charge in [0.2, 0.25) is 0 Å². The lowest BCUT2D eigenvalue weighted by atomic mass is 9.89. The zero-order valence-electron chi connectivity index (χ0n) is 20.3. The molecule has 3 amide bonds. The SMILES string of the molecule is COc1cc(/C=C2/SC(=O)N(CC3CCCCC3)C2=O)cc(Cl)c1OCC(=O)Nc1ccc(C)cc1. The van der Waals surface area contributed by atoms with Gasteiger partial charge in [0, 0.05) is 12.2 Å². The van der Waals surface area contributed by atoms with Crippen LogP contribution in [0.4, 0.5) is 10.5 Å². The Bertz CT molecular complexity index is 1180. The van der Waals surface area contributed by atoms with Crippen LogP contribution in [0, 0.1) is 12.8 Å². The Morgan fingerprint density at radius 3 is 2.58 bits per heavy atom. The van der Waals surface area contributed by atoms with Gasteiger partial charge in [-0.3, -0.25) is 19.3 Å². The molecule has 1 heterocycles. The van der Waals surface area contributed by atoms with E-state index in [1.807, 2.05) is 31.2 Å². The number of nitrogens with zero attached hydrogens (tertiary/aromatic N) is 1. The van der Waals surface area contributed by atoms with Crippen LogP contribution in [0.3, 0.4) is 0 Å². The number of benzene rings is 2. The number of carbonyl (C=O) groups excluding carboxylic acids is 3. The number of anilines is 1. The number of ether oxygens (including phenoxy) is 2. The van der Waals surface area contributed by atoms with E-state index in [0.717, 1.165) is 43.0 Å². The second-order valence-electron chi connectivity index (χ2n) is 9.03. The maximum absolute atomic E-state index is 12.9. The van der Waals surface area contributed by atoms with Crippen LogP contribution >= 0.6 is 23.4 Å². The van der Waals surface area contributed by atoms with Gasteiger partial charge in [-0.15, -0.1) is 0 Å². The molecule has 0 radical (unpaired) electrons. The number of hydrogen-bond donors (Lipinski definition) is 1. The number of imide groups is 1. The van der Waals surface area contributed by atoms with Crippen LogP contribution in [0.2, 0.25) is 5.02 Å². The number of nitrogens with one attached hydrogen (secondary N) is 1. The topological polar surface area (TPSA) is 84.9 Å². The number of amides is 3. The van der Waals surface area contributed by atoms with Crippen molar-refractivity contribution in [2.45, 2.75) is 39.0 Å². The predicted octanol–water partition coefficient (Wildman–Crippen LogP) is 6.29. The number of aryl methyl sites for hydroxylation is 1. The van der Waals surface area contributed by atoms with Gasteiger partial charge in [-0.05, 0) is 73.4 Å². The highest BCUT2D eigenvalue weighted by Crippen LogP contribution is 2.39. The number of halogens is 1. The molecule has 36 heavy (non-hydrogen) atoms. The van der Waals surface area contributed by atoms with Crippen molar-refractivity contribution in [1.29, 1.82) is 0 Å². The van der Waals surface area contributed by atoms with E-state index >= 15 is 0 Å². The molecule has 190 valence electrons. The average Bonchev–Trinajstić information content (AvgIpc) is 3.12. The Hall–Kier alpha value is -2.97. The second kappa shape index (κ2) is 11.8. The minimum Gasteiger partial charge on any atom is -0.493 e. The molecule has 0 atom stereocenters. The Morgan fingerprint density at radius 2 is 1.89 bits per heavy atom. The van der Waals surface area contributed by atoms with Crippen LogP contribution in [0.25, 0.3) is 6.08 Å². The molecule has 0 spiro atoms. The number of hydrogen-bond acceptors (Lipinski definition) is 6. The molecule has 2 aromatic carbocycles. The summed E-state index contributed by atoms with van der Waals surface area (Å²) in [6.45, 7) is 2.18. The third kappa shape index (κ3) is 6.42. The summed E-state index contributed by atoms with van der Waals surface area (Å²) in [7, 11) is 1.47. The molecule has 1 saturated carbocycles. The Labute approximate surface area is 220 Å². The van der Waals surface area contributed by atoms with Gasteiger partial charge >= 0.3 is 0 Å². The first-order valence-corrected chi connectivity index (χ1v) is 13.2. The van der Waals surface area contributed by atoms with Crippen molar-refractivity contribution in [2.24, 2.45) is 5.92 Å². The van der Waals surface area contributed by atoms with E-state index in [2.05, 4.69) is 5.32 Å². The molecule has 2 aliphatic rings. The maximum Gasteiger partial charge on any atom is 0.293 e. The fraction of sp³-hybridized carbons (Fsp3) is 0.370. The highest BCUT2D eigenvalue weighted by Gasteiger charge is 2.36. The molecular weight excluding hydrogens is 500 g/mol. The zero-order chi connectivity index (χ0) is 25.7. The lowest BCUT2D eigenvalue weighted by Crippen LogP contribution is -2.34. The fourth-order valence-electron chi connectivity index (χ4n) is 4.37. The van der Waals surface area contributed by atoms with E-state index in [1.165, 1.54) is 18.4 Å². The molecule has 4 rings (SSSR count). The average molecular weight is 529 g/mol. The van der Waals surface area contributed by atoms with Crippen LogP contribution in [-0.2, 0) is 9.59 Å². The summed E-state index contributed by atoms with van der Waals surface area (Å²) in [5.74, 6) is 0.298. The Kier molecular flexibility index (Phi) is 8.59. The van der Waals surface area contributed by atoms with Gasteiger partial charge < -0.3 is 14.8 Å². The van der Waals surface area contributed by atoms with Gasteiger partial charge in [-0.2, -0.15) is 0 Å². The van der Waals surface area contributed by atoms with Crippen LogP contribution in [0.15, 0.2) is 41.3 Å².